The van der Waals surface area contributed by atoms with Crippen LogP contribution in [0.25, 0.3) is 89.5 Å². The largest absolute Gasteiger partial charge is 0.456 e. The number of sulfone groups is 1. The van der Waals surface area contributed by atoms with E-state index in [4.69, 9.17) is 19.4 Å². The van der Waals surface area contributed by atoms with Gasteiger partial charge in [0.05, 0.1) is 15.2 Å². The number of furan rings is 1. The standard InChI is InChI=1S/C58H35N3O3S/c62-65(63)53-26-14-12-24-48(53)58(50-35-52-46(34-54(50)65)45-22-10-13-25-51(45)64-52)47-23-11-9-21-43(47)41-19-7-8-20-42(41)44-32-31-40(33-49(44)58)57-60-55(38-17-5-2-6-18-38)59-56(61-57)39-29-27-37(28-30-39)36-15-3-1-4-16-36/h1-35H. The lowest BCUT2D eigenvalue weighted by Gasteiger charge is -2.42. The van der Waals surface area contributed by atoms with Gasteiger partial charge in [-0.1, -0.05) is 182 Å². The highest BCUT2D eigenvalue weighted by molar-refractivity contribution is 7.91. The summed E-state index contributed by atoms with van der Waals surface area (Å²) in [5, 5.41) is 1.61. The van der Waals surface area contributed by atoms with Gasteiger partial charge in [-0.05, 0) is 86.0 Å². The smallest absolute Gasteiger partial charge is 0.207 e. The van der Waals surface area contributed by atoms with E-state index >= 15 is 8.42 Å². The Kier molecular flexibility index (Phi) is 8.11. The summed E-state index contributed by atoms with van der Waals surface area (Å²) in [5.41, 5.74) is 12.1. The van der Waals surface area contributed by atoms with Crippen molar-refractivity contribution in [1.82, 2.24) is 15.0 Å². The molecule has 1 atom stereocenters. The summed E-state index contributed by atoms with van der Waals surface area (Å²) >= 11 is 0. The molecule has 6 nitrogen and oxygen atoms in total. The SMILES string of the molecule is O=S1(=O)c2ccccc2C2(c3ccccc3-c3ccccc3-c3ccc(-c4nc(-c5ccccc5)nc(-c5ccc(-c6ccccc6)cc5)n4)cc32)c2cc3oc4ccccc4c3cc21. The van der Waals surface area contributed by atoms with Crippen LogP contribution < -0.4 is 0 Å². The number of aromatic nitrogens is 3. The predicted octanol–water partition coefficient (Wildman–Crippen LogP) is 13.6. The molecule has 65 heavy (non-hydrogen) atoms. The predicted molar refractivity (Wildman–Crippen MR) is 257 cm³/mol. The molecule has 9 aromatic carbocycles. The van der Waals surface area contributed by atoms with Gasteiger partial charge in [-0.3, -0.25) is 0 Å². The molecule has 3 heterocycles. The Labute approximate surface area is 375 Å². The summed E-state index contributed by atoms with van der Waals surface area (Å²) in [7, 11) is -4.03. The fraction of sp³-hybridized carbons (Fsp3) is 0.0172. The Balaban J connectivity index is 1.13. The lowest BCUT2D eigenvalue weighted by molar-refractivity contribution is 0.579. The molecule has 0 fully saturated rings. The van der Waals surface area contributed by atoms with E-state index in [0.717, 1.165) is 72.0 Å². The molecule has 1 aliphatic carbocycles. The first kappa shape index (κ1) is 37.3. The molecule has 7 heteroatoms. The van der Waals surface area contributed by atoms with E-state index in [9.17, 15) is 0 Å². The molecule has 1 unspecified atom stereocenters. The fourth-order valence-electron chi connectivity index (χ4n) is 10.3. The second-order valence-electron chi connectivity index (χ2n) is 16.7. The normalized spacial score (nSPS) is 15.4. The zero-order valence-corrected chi connectivity index (χ0v) is 35.5. The number of para-hydroxylation sites is 1. The van der Waals surface area contributed by atoms with E-state index in [1.165, 1.54) is 0 Å². The van der Waals surface area contributed by atoms with E-state index < -0.39 is 15.3 Å². The topological polar surface area (TPSA) is 86.0 Å². The lowest BCUT2D eigenvalue weighted by Crippen LogP contribution is -2.38. The molecule has 0 saturated carbocycles. The molecule has 1 aliphatic heterocycles. The zero-order chi connectivity index (χ0) is 43.3. The minimum atomic E-state index is -4.03. The number of hydrogen-bond donors (Lipinski definition) is 0. The Morgan fingerprint density at radius 2 is 0.846 bits per heavy atom. The van der Waals surface area contributed by atoms with Crippen molar-refractivity contribution in [2.45, 2.75) is 15.2 Å². The quantitative estimate of drug-likeness (QED) is 0.175. The van der Waals surface area contributed by atoms with Crippen molar-refractivity contribution in [2.75, 3.05) is 0 Å². The van der Waals surface area contributed by atoms with Crippen LogP contribution >= 0.6 is 0 Å². The van der Waals surface area contributed by atoms with Crippen LogP contribution in [0.5, 0.6) is 0 Å². The third kappa shape index (κ3) is 5.52. The highest BCUT2D eigenvalue weighted by Gasteiger charge is 2.52. The molecular weight excluding hydrogens is 819 g/mol. The second kappa shape index (κ2) is 14.1. The van der Waals surface area contributed by atoms with E-state index in [1.54, 1.807) is 6.07 Å². The van der Waals surface area contributed by atoms with Crippen LogP contribution in [0.15, 0.2) is 227 Å². The minimum absolute atomic E-state index is 0.250. The van der Waals surface area contributed by atoms with E-state index in [-0.39, 0.29) is 9.79 Å². The Bertz CT molecular complexity index is 3850. The fourth-order valence-corrected chi connectivity index (χ4v) is 12.1. The first-order valence-corrected chi connectivity index (χ1v) is 23.1. The molecule has 0 amide bonds. The minimum Gasteiger partial charge on any atom is -0.456 e. The first-order valence-electron chi connectivity index (χ1n) is 21.6. The maximum absolute atomic E-state index is 15.2. The van der Waals surface area contributed by atoms with Gasteiger partial charge in [-0.15, -0.1) is 0 Å². The molecule has 0 saturated heterocycles. The van der Waals surface area contributed by atoms with Crippen LogP contribution in [-0.2, 0) is 15.3 Å². The molecule has 0 bridgehead atoms. The van der Waals surface area contributed by atoms with Crippen molar-refractivity contribution in [2.24, 2.45) is 0 Å². The molecule has 306 valence electrons. The molecule has 2 aromatic heterocycles. The number of benzene rings is 9. The van der Waals surface area contributed by atoms with Gasteiger partial charge in [0.15, 0.2) is 17.5 Å². The number of rotatable bonds is 4. The lowest BCUT2D eigenvalue weighted by atomic mass is 9.63. The van der Waals surface area contributed by atoms with Crippen LogP contribution in [0.2, 0.25) is 0 Å². The summed E-state index contributed by atoms with van der Waals surface area (Å²) in [6.45, 7) is 0. The average Bonchev–Trinajstić information content (AvgIpc) is 3.70. The highest BCUT2D eigenvalue weighted by Crippen LogP contribution is 2.60. The van der Waals surface area contributed by atoms with Crippen LogP contribution in [0.3, 0.4) is 0 Å². The third-order valence-corrected chi connectivity index (χ3v) is 15.0. The van der Waals surface area contributed by atoms with Gasteiger partial charge in [-0.25, -0.2) is 23.4 Å². The molecule has 11 aromatic rings. The molecule has 13 rings (SSSR count). The summed E-state index contributed by atoms with van der Waals surface area (Å²) in [6.07, 6.45) is 0. The summed E-state index contributed by atoms with van der Waals surface area (Å²) in [4.78, 5) is 16.0. The summed E-state index contributed by atoms with van der Waals surface area (Å²) < 4.78 is 37.0. The zero-order valence-electron chi connectivity index (χ0n) is 34.7. The Morgan fingerprint density at radius 1 is 0.338 bits per heavy atom. The van der Waals surface area contributed by atoms with Crippen molar-refractivity contribution in [3.05, 3.63) is 235 Å². The number of nitrogens with zero attached hydrogens (tertiary/aromatic N) is 3. The van der Waals surface area contributed by atoms with Gasteiger partial charge in [0, 0.05) is 27.5 Å². The van der Waals surface area contributed by atoms with Crippen molar-refractivity contribution in [3.63, 3.8) is 0 Å². The summed E-state index contributed by atoms with van der Waals surface area (Å²) in [5.74, 6) is 1.58. The van der Waals surface area contributed by atoms with Gasteiger partial charge in [0.25, 0.3) is 0 Å². The molecule has 2 aliphatic rings. The van der Waals surface area contributed by atoms with Gasteiger partial charge in [-0.2, -0.15) is 0 Å². The molecular formula is C58H35N3O3S. The Morgan fingerprint density at radius 3 is 1.57 bits per heavy atom. The van der Waals surface area contributed by atoms with Crippen LogP contribution in [0.1, 0.15) is 22.3 Å². The van der Waals surface area contributed by atoms with Crippen LogP contribution in [-0.4, -0.2) is 23.4 Å². The Hall–Kier alpha value is -8.26. The number of fused-ring (bicyclic) bond motifs is 14. The van der Waals surface area contributed by atoms with Gasteiger partial charge < -0.3 is 4.42 Å². The first-order chi connectivity index (χ1) is 32.0. The maximum Gasteiger partial charge on any atom is 0.207 e. The molecule has 1 spiro atoms. The second-order valence-corrected chi connectivity index (χ2v) is 18.5. The van der Waals surface area contributed by atoms with E-state index in [1.807, 2.05) is 103 Å². The maximum atomic E-state index is 15.2. The average molecular weight is 854 g/mol. The van der Waals surface area contributed by atoms with Gasteiger partial charge in [0.2, 0.25) is 9.84 Å². The number of hydrogen-bond acceptors (Lipinski definition) is 6. The molecule has 0 N–H and O–H groups in total. The van der Waals surface area contributed by atoms with Crippen molar-refractivity contribution in [1.29, 1.82) is 0 Å². The van der Waals surface area contributed by atoms with Gasteiger partial charge >= 0.3 is 0 Å². The highest BCUT2D eigenvalue weighted by atomic mass is 32.2. The van der Waals surface area contributed by atoms with E-state index in [0.29, 0.717) is 39.8 Å². The third-order valence-electron chi connectivity index (χ3n) is 13.2. The van der Waals surface area contributed by atoms with Gasteiger partial charge in [0.1, 0.15) is 11.2 Å². The summed E-state index contributed by atoms with van der Waals surface area (Å²) in [6, 6.07) is 71.0. The monoisotopic (exact) mass is 853 g/mol. The van der Waals surface area contributed by atoms with Crippen molar-refractivity contribution in [3.8, 4) is 67.5 Å². The van der Waals surface area contributed by atoms with E-state index in [2.05, 4.69) is 103 Å². The van der Waals surface area contributed by atoms with Crippen LogP contribution in [0.4, 0.5) is 0 Å². The van der Waals surface area contributed by atoms with Crippen molar-refractivity contribution >= 4 is 31.8 Å². The van der Waals surface area contributed by atoms with Crippen molar-refractivity contribution < 1.29 is 12.8 Å². The molecule has 0 radical (unpaired) electrons. The van der Waals surface area contributed by atoms with Crippen LogP contribution in [0, 0.1) is 0 Å².